The third kappa shape index (κ3) is 6.81. The molecule has 40 heavy (non-hydrogen) atoms. The van der Waals surface area contributed by atoms with Crippen LogP contribution < -0.4 is 10.1 Å². The quantitative estimate of drug-likeness (QED) is 0.139. The molecule has 1 fully saturated rings. The molecule has 0 unspecified atom stereocenters. The monoisotopic (exact) mass is 555 g/mol. The molecule has 214 valence electrons. The number of amides is 2. The molecule has 0 radical (unpaired) electrons. The lowest BCUT2D eigenvalue weighted by Gasteiger charge is -2.32. The van der Waals surface area contributed by atoms with Crippen LogP contribution in [-0.2, 0) is 30.3 Å². The number of esters is 2. The van der Waals surface area contributed by atoms with Crippen molar-refractivity contribution in [1.82, 2.24) is 10.2 Å². The Kier molecular flexibility index (Phi) is 9.94. The second-order valence-corrected chi connectivity index (χ2v) is 9.72. The van der Waals surface area contributed by atoms with E-state index < -0.39 is 52.3 Å². The van der Waals surface area contributed by atoms with Crippen LogP contribution in [0.3, 0.4) is 0 Å². The molecule has 2 N–H and O–H groups in total. The molecule has 0 bridgehead atoms. The number of likely N-dealkylation sites (tertiary alicyclic amines) is 1. The van der Waals surface area contributed by atoms with E-state index in [2.05, 4.69) is 5.32 Å². The zero-order valence-corrected chi connectivity index (χ0v) is 22.6. The molecule has 1 aliphatic heterocycles. The number of rotatable bonds is 11. The van der Waals surface area contributed by atoms with Crippen molar-refractivity contribution in [2.24, 2.45) is 5.92 Å². The SMILES string of the molecule is CCOC(=O)[C@](O)(C(=O)N[C@@H](Cc1ccccc1)C(=O)N1CCC[C@H]1C(=O)Oc1ccc([N+](=O)[O-])cc1)C(C)C. The Morgan fingerprint density at radius 2 is 1.77 bits per heavy atom. The van der Waals surface area contributed by atoms with Crippen LogP contribution in [0.2, 0.25) is 0 Å². The van der Waals surface area contributed by atoms with Gasteiger partial charge < -0.3 is 24.8 Å². The number of benzene rings is 2. The van der Waals surface area contributed by atoms with Gasteiger partial charge in [0.05, 0.1) is 11.5 Å². The predicted octanol–water partition coefficient (Wildman–Crippen LogP) is 2.17. The van der Waals surface area contributed by atoms with Crippen LogP contribution in [0.4, 0.5) is 5.69 Å². The zero-order chi connectivity index (χ0) is 29.4. The highest BCUT2D eigenvalue weighted by molar-refractivity contribution is 6.07. The summed E-state index contributed by atoms with van der Waals surface area (Å²) in [6.45, 7) is 4.66. The van der Waals surface area contributed by atoms with Gasteiger partial charge in [-0.3, -0.25) is 19.7 Å². The van der Waals surface area contributed by atoms with Gasteiger partial charge in [0.2, 0.25) is 11.5 Å². The minimum absolute atomic E-state index is 0.0308. The van der Waals surface area contributed by atoms with E-state index in [9.17, 15) is 34.4 Å². The Morgan fingerprint density at radius 3 is 2.35 bits per heavy atom. The van der Waals surface area contributed by atoms with Crippen molar-refractivity contribution in [1.29, 1.82) is 0 Å². The van der Waals surface area contributed by atoms with E-state index in [1.54, 1.807) is 37.3 Å². The Bertz CT molecular complexity index is 1230. The molecule has 2 aromatic carbocycles. The van der Waals surface area contributed by atoms with Gasteiger partial charge in [0.15, 0.2) is 0 Å². The minimum Gasteiger partial charge on any atom is -0.463 e. The number of carbonyl (C=O) groups excluding carboxylic acids is 4. The maximum absolute atomic E-state index is 13.8. The number of aliphatic hydroxyl groups is 1. The van der Waals surface area contributed by atoms with E-state index in [0.717, 1.165) is 0 Å². The average molecular weight is 556 g/mol. The topological polar surface area (TPSA) is 165 Å². The molecule has 1 heterocycles. The summed E-state index contributed by atoms with van der Waals surface area (Å²) in [5.74, 6) is -4.31. The largest absolute Gasteiger partial charge is 0.463 e. The first kappa shape index (κ1) is 30.2. The van der Waals surface area contributed by atoms with Crippen LogP contribution in [-0.4, -0.2) is 69.5 Å². The Hall–Kier alpha value is -4.32. The second-order valence-electron chi connectivity index (χ2n) is 9.72. The van der Waals surface area contributed by atoms with Crippen molar-refractivity contribution >= 4 is 29.4 Å². The lowest BCUT2D eigenvalue weighted by Crippen LogP contribution is -2.62. The number of nitrogens with zero attached hydrogens (tertiary/aromatic N) is 2. The summed E-state index contributed by atoms with van der Waals surface area (Å²) in [6, 6.07) is 11.6. The minimum atomic E-state index is -2.54. The first-order valence-electron chi connectivity index (χ1n) is 13.0. The van der Waals surface area contributed by atoms with Gasteiger partial charge >= 0.3 is 11.9 Å². The number of hydrogen-bond acceptors (Lipinski definition) is 9. The Morgan fingerprint density at radius 1 is 1.12 bits per heavy atom. The molecule has 1 saturated heterocycles. The van der Waals surface area contributed by atoms with Crippen LogP contribution in [0.15, 0.2) is 54.6 Å². The number of nitro benzene ring substituents is 1. The van der Waals surface area contributed by atoms with Gasteiger partial charge in [-0.1, -0.05) is 44.2 Å². The van der Waals surface area contributed by atoms with Crippen molar-refractivity contribution in [3.63, 3.8) is 0 Å². The first-order valence-corrected chi connectivity index (χ1v) is 13.0. The van der Waals surface area contributed by atoms with Crippen molar-refractivity contribution in [3.8, 4) is 5.75 Å². The van der Waals surface area contributed by atoms with Crippen LogP contribution >= 0.6 is 0 Å². The van der Waals surface area contributed by atoms with Crippen LogP contribution in [0.25, 0.3) is 0 Å². The van der Waals surface area contributed by atoms with Crippen LogP contribution in [0.1, 0.15) is 39.2 Å². The first-order chi connectivity index (χ1) is 19.0. The van der Waals surface area contributed by atoms with Gasteiger partial charge in [0, 0.05) is 31.0 Å². The summed E-state index contributed by atoms with van der Waals surface area (Å²) in [4.78, 5) is 64.3. The lowest BCUT2D eigenvalue weighted by atomic mass is 9.88. The maximum Gasteiger partial charge on any atom is 0.348 e. The van der Waals surface area contributed by atoms with Crippen molar-refractivity contribution in [3.05, 3.63) is 70.3 Å². The fourth-order valence-electron chi connectivity index (χ4n) is 4.45. The van der Waals surface area contributed by atoms with E-state index in [-0.39, 0.29) is 31.0 Å². The molecule has 2 aromatic rings. The number of ether oxygens (including phenoxy) is 2. The van der Waals surface area contributed by atoms with Crippen molar-refractivity contribution in [2.45, 2.75) is 57.7 Å². The molecule has 0 saturated carbocycles. The van der Waals surface area contributed by atoms with E-state index in [1.165, 1.54) is 43.0 Å². The number of non-ortho nitro benzene ring substituents is 1. The van der Waals surface area contributed by atoms with Crippen LogP contribution in [0.5, 0.6) is 5.75 Å². The number of nitrogens with one attached hydrogen (secondary N) is 1. The number of hydrogen-bond donors (Lipinski definition) is 2. The third-order valence-corrected chi connectivity index (χ3v) is 6.73. The maximum atomic E-state index is 13.8. The van der Waals surface area contributed by atoms with Gasteiger partial charge in [0.1, 0.15) is 17.8 Å². The Balaban J connectivity index is 1.84. The smallest absolute Gasteiger partial charge is 0.348 e. The molecule has 12 nitrogen and oxygen atoms in total. The molecule has 1 aliphatic rings. The average Bonchev–Trinajstić information content (AvgIpc) is 3.43. The molecule has 12 heteroatoms. The van der Waals surface area contributed by atoms with E-state index >= 15 is 0 Å². The fourth-order valence-corrected chi connectivity index (χ4v) is 4.45. The Labute approximate surface area is 231 Å². The van der Waals surface area contributed by atoms with Crippen molar-refractivity contribution < 1.29 is 38.7 Å². The van der Waals surface area contributed by atoms with E-state index in [4.69, 9.17) is 9.47 Å². The summed E-state index contributed by atoms with van der Waals surface area (Å²) in [5.41, 5.74) is -2.00. The summed E-state index contributed by atoms with van der Waals surface area (Å²) in [6.07, 6.45) is 0.835. The molecule has 3 rings (SSSR count). The molecule has 0 spiro atoms. The van der Waals surface area contributed by atoms with Crippen LogP contribution in [0, 0.1) is 16.0 Å². The third-order valence-electron chi connectivity index (χ3n) is 6.73. The lowest BCUT2D eigenvalue weighted by molar-refractivity contribution is -0.384. The molecule has 0 aromatic heterocycles. The summed E-state index contributed by atoms with van der Waals surface area (Å²) < 4.78 is 10.3. The highest BCUT2D eigenvalue weighted by Crippen LogP contribution is 2.25. The van der Waals surface area contributed by atoms with Gasteiger partial charge in [-0.2, -0.15) is 0 Å². The summed E-state index contributed by atoms with van der Waals surface area (Å²) in [5, 5.41) is 24.5. The highest BCUT2D eigenvalue weighted by atomic mass is 16.6. The highest BCUT2D eigenvalue weighted by Gasteiger charge is 2.50. The predicted molar refractivity (Wildman–Crippen MR) is 142 cm³/mol. The zero-order valence-electron chi connectivity index (χ0n) is 22.6. The van der Waals surface area contributed by atoms with E-state index in [1.807, 2.05) is 0 Å². The number of nitro groups is 1. The fraction of sp³-hybridized carbons (Fsp3) is 0.429. The molecule has 3 atom stereocenters. The molecular formula is C28H33N3O9. The van der Waals surface area contributed by atoms with Crippen molar-refractivity contribution in [2.75, 3.05) is 13.2 Å². The summed E-state index contributed by atoms with van der Waals surface area (Å²) >= 11 is 0. The molecule has 0 aliphatic carbocycles. The van der Waals surface area contributed by atoms with Gasteiger partial charge in [-0.05, 0) is 37.5 Å². The number of carbonyl (C=O) groups is 4. The molecular weight excluding hydrogens is 522 g/mol. The van der Waals surface area contributed by atoms with Gasteiger partial charge in [-0.15, -0.1) is 0 Å². The van der Waals surface area contributed by atoms with E-state index in [0.29, 0.717) is 18.4 Å². The summed E-state index contributed by atoms with van der Waals surface area (Å²) in [7, 11) is 0. The normalized spacial score (nSPS) is 17.0. The second kappa shape index (κ2) is 13.2. The van der Waals surface area contributed by atoms with Gasteiger partial charge in [-0.25, -0.2) is 9.59 Å². The van der Waals surface area contributed by atoms with Gasteiger partial charge in [0.25, 0.3) is 11.6 Å². The molecule has 2 amide bonds. The standard InChI is InChI=1S/C28H33N3O9/c1-4-39-27(35)28(36,18(2)3)26(34)29-22(17-19-9-6-5-7-10-19)24(32)30-16-8-11-23(30)25(33)40-21-14-12-20(13-15-21)31(37)38/h5-7,9-10,12-15,18,22-23,36H,4,8,11,16-17H2,1-3H3,(H,29,34)/t22-,23-,28+/m0/s1.